The fourth-order valence-electron chi connectivity index (χ4n) is 6.93. The van der Waals surface area contributed by atoms with E-state index >= 15 is 4.11 Å². The molecule has 4 atom stereocenters. The predicted octanol–water partition coefficient (Wildman–Crippen LogP) is 6.59. The number of aliphatic hydroxyl groups excluding tert-OH is 1. The number of hydrogen-bond donors (Lipinski definition) is 1. The van der Waals surface area contributed by atoms with Crippen LogP contribution in [0.3, 0.4) is 0 Å². The number of aryl methyl sites for hydroxylation is 2. The Hall–Kier alpha value is -3.33. The minimum Gasteiger partial charge on any atom is -0.395 e. The van der Waals surface area contributed by atoms with Crippen molar-refractivity contribution in [1.29, 1.82) is 0 Å². The van der Waals surface area contributed by atoms with Crippen LogP contribution in [-0.4, -0.2) is 55.6 Å². The fourth-order valence-corrected chi connectivity index (χ4v) is 9.47. The van der Waals surface area contributed by atoms with Gasteiger partial charge in [0.2, 0.25) is 20.2 Å². The van der Waals surface area contributed by atoms with E-state index in [0.29, 0.717) is 13.0 Å². The van der Waals surface area contributed by atoms with Gasteiger partial charge in [-0.15, -0.1) is 0 Å². The first-order chi connectivity index (χ1) is 20.7. The van der Waals surface area contributed by atoms with Crippen molar-refractivity contribution in [1.82, 2.24) is 4.90 Å². The van der Waals surface area contributed by atoms with Crippen LogP contribution in [0.1, 0.15) is 42.9 Å². The number of fused-ring (bicyclic) bond motifs is 1. The summed E-state index contributed by atoms with van der Waals surface area (Å²) in [6.07, 6.45) is 2.22. The zero-order valence-electron chi connectivity index (χ0n) is 25.4. The molecule has 2 aliphatic rings. The van der Waals surface area contributed by atoms with Gasteiger partial charge in [-0.3, -0.25) is 14.5 Å². The summed E-state index contributed by atoms with van der Waals surface area (Å²) in [5.41, 5.74) is 4.81. The van der Waals surface area contributed by atoms with Gasteiger partial charge < -0.3 is 18.9 Å². The summed E-state index contributed by atoms with van der Waals surface area (Å²) in [7, 11) is -3.14. The van der Waals surface area contributed by atoms with E-state index in [1.807, 2.05) is 65.6 Å². The summed E-state index contributed by atoms with van der Waals surface area (Å²) in [4.78, 5) is 29.7. The summed E-state index contributed by atoms with van der Waals surface area (Å²) in [5.74, 6) is -0.0272. The molecule has 0 unspecified atom stereocenters. The smallest absolute Gasteiger partial charge is 0.246 e. The third-order valence-corrected chi connectivity index (χ3v) is 11.5. The number of hydrogen-bond acceptors (Lipinski definition) is 4. The molecule has 228 valence electrons. The van der Waals surface area contributed by atoms with Gasteiger partial charge >= 0.3 is 0 Å². The number of amides is 2. The zero-order chi connectivity index (χ0) is 30.6. The maximum Gasteiger partial charge on any atom is 0.246 e. The predicted molar refractivity (Wildman–Crippen MR) is 170 cm³/mol. The highest BCUT2D eigenvalue weighted by atomic mass is 28.4. The number of halogens is 1. The average molecular weight is 603 g/mol. The number of benzene rings is 3. The Morgan fingerprint density at radius 3 is 2.37 bits per heavy atom. The normalized spacial score (nSPS) is 22.0. The number of anilines is 2. The van der Waals surface area contributed by atoms with Gasteiger partial charge in [-0.2, -0.15) is 0 Å². The minimum absolute atomic E-state index is 0.00775. The van der Waals surface area contributed by atoms with Crippen LogP contribution in [0, 0.1) is 5.92 Å². The summed E-state index contributed by atoms with van der Waals surface area (Å²) in [5, 5.41) is 9.62. The second kappa shape index (κ2) is 13.5. The number of ether oxygens (including phenoxy) is 1. The molecule has 0 bridgehead atoms. The largest absolute Gasteiger partial charge is 0.395 e. The fraction of sp³-hybridized carbons (Fsp3) is 0.429. The van der Waals surface area contributed by atoms with E-state index < -0.39 is 14.5 Å². The van der Waals surface area contributed by atoms with Crippen LogP contribution >= 0.6 is 0 Å². The van der Waals surface area contributed by atoms with E-state index in [9.17, 15) is 14.7 Å². The Kier molecular flexibility index (Phi) is 9.79. The molecule has 0 spiro atoms. The second-order valence-corrected chi connectivity index (χ2v) is 16.2. The molecule has 3 aromatic carbocycles. The summed E-state index contributed by atoms with van der Waals surface area (Å²) in [6.45, 7) is 5.99. The van der Waals surface area contributed by atoms with Crippen LogP contribution in [-0.2, 0) is 33.7 Å². The van der Waals surface area contributed by atoms with Crippen LogP contribution in [0.2, 0.25) is 18.6 Å². The lowest BCUT2D eigenvalue weighted by atomic mass is 9.94. The molecule has 8 heteroatoms. The minimum atomic E-state index is -3.14. The Balaban J connectivity index is 1.24. The Morgan fingerprint density at radius 1 is 0.977 bits per heavy atom. The van der Waals surface area contributed by atoms with Crippen molar-refractivity contribution in [3.63, 3.8) is 0 Å². The summed E-state index contributed by atoms with van der Waals surface area (Å²) >= 11 is 0. The van der Waals surface area contributed by atoms with Crippen LogP contribution in [0.25, 0.3) is 0 Å². The van der Waals surface area contributed by atoms with Gasteiger partial charge in [-0.25, -0.2) is 0 Å². The van der Waals surface area contributed by atoms with Crippen LogP contribution in [0.15, 0.2) is 78.9 Å². The lowest BCUT2D eigenvalue weighted by Gasteiger charge is -2.30. The highest BCUT2D eigenvalue weighted by Crippen LogP contribution is 2.47. The Bertz CT molecular complexity index is 1390. The molecule has 2 aliphatic heterocycles. The van der Waals surface area contributed by atoms with E-state index in [1.54, 1.807) is 18.0 Å². The van der Waals surface area contributed by atoms with Gasteiger partial charge in [0.05, 0.1) is 30.9 Å². The van der Waals surface area contributed by atoms with Crippen molar-refractivity contribution >= 4 is 31.6 Å². The van der Waals surface area contributed by atoms with E-state index in [-0.39, 0.29) is 48.9 Å². The van der Waals surface area contributed by atoms with Gasteiger partial charge in [0.1, 0.15) is 0 Å². The van der Waals surface area contributed by atoms with Crippen LogP contribution in [0.4, 0.5) is 15.5 Å². The van der Waals surface area contributed by atoms with E-state index in [4.69, 9.17) is 4.74 Å². The monoisotopic (exact) mass is 602 g/mol. The van der Waals surface area contributed by atoms with E-state index in [2.05, 4.69) is 25.1 Å². The van der Waals surface area contributed by atoms with Crippen molar-refractivity contribution in [2.45, 2.75) is 76.4 Å². The number of nitrogens with zero attached hydrogens (tertiary/aromatic N) is 2. The average Bonchev–Trinajstić information content (AvgIpc) is 3.31. The topological polar surface area (TPSA) is 70.1 Å². The molecule has 3 aromatic rings. The number of carbonyl (C=O) groups excluding carboxylic acids is 2. The third kappa shape index (κ3) is 7.25. The number of para-hydroxylation sites is 1. The van der Waals surface area contributed by atoms with Crippen molar-refractivity contribution in [3.8, 4) is 0 Å². The first-order valence-corrected chi connectivity index (χ1v) is 18.4. The van der Waals surface area contributed by atoms with Crippen LogP contribution < -0.4 is 4.90 Å². The maximum absolute atomic E-state index is 15.7. The standard InChI is InChI=1S/C35H43FN2O4Si/c1-25-31(19-15-26-13-17-29(18-14-26)38-30-12-8-7-11-28(30)16-20-33(38)40)42-32(35(25)43(2,3)36)23-34(41)37(21-22-39)24-27-9-5-4-6-10-27/h4-14,17-18,25,31-32,35,39H,15-16,19-24H2,1-3H3/t25-,31+,32-,35+/m0/s1. The van der Waals surface area contributed by atoms with E-state index in [1.165, 1.54) is 5.56 Å². The van der Waals surface area contributed by atoms with Crippen LogP contribution in [0.5, 0.6) is 0 Å². The molecule has 0 radical (unpaired) electrons. The quantitative estimate of drug-likeness (QED) is 0.199. The van der Waals surface area contributed by atoms with Gasteiger partial charge in [0, 0.05) is 30.7 Å². The molecule has 6 nitrogen and oxygen atoms in total. The van der Waals surface area contributed by atoms with Gasteiger partial charge in [-0.05, 0) is 73.2 Å². The van der Waals surface area contributed by atoms with Crippen molar-refractivity contribution < 1.29 is 23.5 Å². The molecule has 0 aromatic heterocycles. The molecule has 2 heterocycles. The molecule has 1 fully saturated rings. The van der Waals surface area contributed by atoms with Gasteiger partial charge in [-0.1, -0.05) is 67.6 Å². The molecule has 5 rings (SSSR count). The SMILES string of the molecule is C[C@@H]1[C@@H]([Si](C)(C)F)[C@H](CC(=O)N(CCO)Cc2ccccc2)O[C@@H]1CCc1ccc(N2C(=O)CCc3ccccc32)cc1. The number of aliphatic hydroxyl groups is 1. The zero-order valence-corrected chi connectivity index (χ0v) is 26.4. The van der Waals surface area contributed by atoms with Gasteiger partial charge in [0.15, 0.2) is 0 Å². The van der Waals surface area contributed by atoms with Crippen molar-refractivity contribution in [2.24, 2.45) is 5.92 Å². The molecule has 2 amide bonds. The first-order valence-electron chi connectivity index (χ1n) is 15.4. The highest BCUT2D eigenvalue weighted by Gasteiger charge is 2.51. The first kappa shape index (κ1) is 31.1. The third-order valence-electron chi connectivity index (χ3n) is 9.01. The Labute approximate surface area is 255 Å². The molecule has 0 saturated carbocycles. The van der Waals surface area contributed by atoms with Crippen molar-refractivity contribution in [3.05, 3.63) is 95.6 Å². The Morgan fingerprint density at radius 2 is 1.67 bits per heavy atom. The molecular weight excluding hydrogens is 559 g/mol. The summed E-state index contributed by atoms with van der Waals surface area (Å²) in [6, 6.07) is 25.9. The molecule has 43 heavy (non-hydrogen) atoms. The lowest BCUT2D eigenvalue weighted by molar-refractivity contribution is -0.135. The van der Waals surface area contributed by atoms with E-state index in [0.717, 1.165) is 41.8 Å². The molecule has 0 aliphatic carbocycles. The summed E-state index contributed by atoms with van der Waals surface area (Å²) < 4.78 is 22.2. The molecular formula is C35H43FN2O4Si. The van der Waals surface area contributed by atoms with Gasteiger partial charge in [0.25, 0.3) is 0 Å². The number of carbonyl (C=O) groups is 2. The lowest BCUT2D eigenvalue weighted by Crippen LogP contribution is -2.40. The van der Waals surface area contributed by atoms with Crippen molar-refractivity contribution in [2.75, 3.05) is 18.1 Å². The number of rotatable bonds is 11. The molecule has 1 saturated heterocycles. The second-order valence-electron chi connectivity index (χ2n) is 12.5. The highest BCUT2D eigenvalue weighted by molar-refractivity contribution is 6.72. The maximum atomic E-state index is 15.7. The molecule has 1 N–H and O–H groups in total.